The van der Waals surface area contributed by atoms with Gasteiger partial charge in [0.15, 0.2) is 5.13 Å². The fraction of sp³-hybridized carbons (Fsp3) is 0.222. The normalized spacial score (nSPS) is 17.8. The number of fused-ring (bicyclic) bond motifs is 1. The number of benzene rings is 2. The molecule has 172 valence electrons. The summed E-state index contributed by atoms with van der Waals surface area (Å²) in [6, 6.07) is 12.3. The van der Waals surface area contributed by atoms with Crippen molar-refractivity contribution < 1.29 is 19.1 Å². The van der Waals surface area contributed by atoms with Gasteiger partial charge >= 0.3 is 5.91 Å². The van der Waals surface area contributed by atoms with Gasteiger partial charge in [-0.05, 0) is 75.6 Å². The quantitative estimate of drug-likeness (QED) is 0.223. The van der Waals surface area contributed by atoms with Gasteiger partial charge in [-0.2, -0.15) is 0 Å². The number of ketones is 1. The maximum atomic E-state index is 13.4. The van der Waals surface area contributed by atoms with Crippen molar-refractivity contribution in [2.24, 2.45) is 0 Å². The molecule has 34 heavy (non-hydrogen) atoms. The van der Waals surface area contributed by atoms with Crippen molar-refractivity contribution in [1.82, 2.24) is 4.98 Å². The number of thiazole rings is 1. The standard InChI is InChI=1S/C27H24N2O4S/c1-13-6-7-15(3)18(11-13)24(30)21-23(19-9-8-17(5)33-19)29(26(32)25(21)31)27-28-22-16(4)10-14(2)12-20(22)34-27/h6-12,23,30H,1-5H3. The molecular weight excluding hydrogens is 448 g/mol. The van der Waals surface area contributed by atoms with Crippen molar-refractivity contribution in [3.63, 3.8) is 0 Å². The van der Waals surface area contributed by atoms with Crippen molar-refractivity contribution in [2.75, 3.05) is 4.90 Å². The highest BCUT2D eigenvalue weighted by Crippen LogP contribution is 2.45. The van der Waals surface area contributed by atoms with Crippen LogP contribution >= 0.6 is 11.3 Å². The van der Waals surface area contributed by atoms with Crippen molar-refractivity contribution >= 4 is 44.1 Å². The number of aromatic nitrogens is 1. The summed E-state index contributed by atoms with van der Waals surface area (Å²) >= 11 is 1.34. The average Bonchev–Trinajstić information content (AvgIpc) is 3.46. The van der Waals surface area contributed by atoms with Gasteiger partial charge in [-0.3, -0.25) is 14.5 Å². The maximum absolute atomic E-state index is 13.4. The lowest BCUT2D eigenvalue weighted by Crippen LogP contribution is -2.29. The fourth-order valence-electron chi connectivity index (χ4n) is 4.50. The Labute approximate surface area is 201 Å². The number of hydrogen-bond acceptors (Lipinski definition) is 6. The first-order valence-corrected chi connectivity index (χ1v) is 11.8. The van der Waals surface area contributed by atoms with E-state index in [0.29, 0.717) is 22.2 Å². The SMILES string of the molecule is Cc1ccc(C)c(C(O)=C2C(=O)C(=O)N(c3nc4c(C)cc(C)cc4s3)C2c2ccc(C)o2)c1. The van der Waals surface area contributed by atoms with Gasteiger partial charge in [-0.25, -0.2) is 4.98 Å². The molecule has 1 saturated heterocycles. The lowest BCUT2D eigenvalue weighted by Gasteiger charge is -2.21. The predicted molar refractivity (Wildman–Crippen MR) is 133 cm³/mol. The molecule has 1 atom stereocenters. The number of furan rings is 1. The average molecular weight is 473 g/mol. The third-order valence-electron chi connectivity index (χ3n) is 6.15. The Bertz CT molecular complexity index is 1520. The van der Waals surface area contributed by atoms with E-state index in [2.05, 4.69) is 0 Å². The van der Waals surface area contributed by atoms with Crippen LogP contribution < -0.4 is 4.90 Å². The molecule has 2 aromatic carbocycles. The summed E-state index contributed by atoms with van der Waals surface area (Å²) in [6.45, 7) is 9.54. The summed E-state index contributed by atoms with van der Waals surface area (Å²) in [5.41, 5.74) is 5.13. The van der Waals surface area contributed by atoms with Crippen LogP contribution in [0, 0.1) is 34.6 Å². The molecule has 1 unspecified atom stereocenters. The highest BCUT2D eigenvalue weighted by molar-refractivity contribution is 7.22. The van der Waals surface area contributed by atoms with Crippen LogP contribution in [0.4, 0.5) is 5.13 Å². The molecule has 5 rings (SSSR count). The summed E-state index contributed by atoms with van der Waals surface area (Å²) in [4.78, 5) is 32.8. The second-order valence-electron chi connectivity index (χ2n) is 8.86. The first-order valence-electron chi connectivity index (χ1n) is 11.0. The number of carbonyl (C=O) groups is 2. The summed E-state index contributed by atoms with van der Waals surface area (Å²) in [6.07, 6.45) is 0. The molecule has 2 aromatic heterocycles. The molecule has 1 fully saturated rings. The van der Waals surface area contributed by atoms with Crippen molar-refractivity contribution in [3.8, 4) is 0 Å². The lowest BCUT2D eigenvalue weighted by molar-refractivity contribution is -0.132. The Hall–Kier alpha value is -3.71. The summed E-state index contributed by atoms with van der Waals surface area (Å²) in [5, 5.41) is 11.8. The molecule has 1 aliphatic heterocycles. The highest BCUT2D eigenvalue weighted by atomic mass is 32.1. The molecule has 0 radical (unpaired) electrons. The van der Waals surface area contributed by atoms with E-state index in [1.54, 1.807) is 19.1 Å². The molecule has 1 aliphatic rings. The van der Waals surface area contributed by atoms with E-state index >= 15 is 0 Å². The molecule has 7 heteroatoms. The summed E-state index contributed by atoms with van der Waals surface area (Å²) in [7, 11) is 0. The van der Waals surface area contributed by atoms with Gasteiger partial charge < -0.3 is 9.52 Å². The number of hydrogen-bond donors (Lipinski definition) is 1. The molecule has 6 nitrogen and oxygen atoms in total. The van der Waals surface area contributed by atoms with Gasteiger partial charge in [0.1, 0.15) is 23.3 Å². The maximum Gasteiger partial charge on any atom is 0.302 e. The molecule has 1 N–H and O–H groups in total. The van der Waals surface area contributed by atoms with Crippen LogP contribution in [0.5, 0.6) is 0 Å². The zero-order chi connectivity index (χ0) is 24.3. The van der Waals surface area contributed by atoms with Crippen LogP contribution in [-0.2, 0) is 9.59 Å². The number of aliphatic hydroxyl groups excluding tert-OH is 1. The topological polar surface area (TPSA) is 83.6 Å². The van der Waals surface area contributed by atoms with Gasteiger partial charge in [-0.1, -0.05) is 35.1 Å². The molecule has 0 bridgehead atoms. The molecule has 0 spiro atoms. The minimum Gasteiger partial charge on any atom is -0.507 e. The van der Waals surface area contributed by atoms with Gasteiger partial charge in [0.05, 0.1) is 15.8 Å². The van der Waals surface area contributed by atoms with Gasteiger partial charge in [0.2, 0.25) is 0 Å². The fourth-order valence-corrected chi connectivity index (χ4v) is 5.67. The number of carbonyl (C=O) groups excluding carboxylic acids is 2. The van der Waals surface area contributed by atoms with Crippen molar-refractivity contribution in [1.29, 1.82) is 0 Å². The van der Waals surface area contributed by atoms with Crippen LogP contribution in [-0.4, -0.2) is 21.8 Å². The van der Waals surface area contributed by atoms with E-state index in [1.807, 2.05) is 58.0 Å². The Balaban J connectivity index is 1.76. The molecule has 0 aliphatic carbocycles. The lowest BCUT2D eigenvalue weighted by atomic mass is 9.96. The Morgan fingerprint density at radius 3 is 2.44 bits per heavy atom. The van der Waals surface area contributed by atoms with Crippen LogP contribution in [0.1, 0.15) is 45.4 Å². The Kier molecular flexibility index (Phi) is 5.17. The largest absolute Gasteiger partial charge is 0.507 e. The van der Waals surface area contributed by atoms with Crippen LogP contribution in [0.25, 0.3) is 16.0 Å². The molecule has 3 heterocycles. The third kappa shape index (κ3) is 3.44. The second-order valence-corrected chi connectivity index (χ2v) is 9.87. The van der Waals surface area contributed by atoms with Gasteiger partial charge in [-0.15, -0.1) is 0 Å². The van der Waals surface area contributed by atoms with E-state index in [4.69, 9.17) is 9.40 Å². The number of nitrogens with zero attached hydrogens (tertiary/aromatic N) is 2. The molecular formula is C27H24N2O4S. The minimum absolute atomic E-state index is 0.000193. The first-order chi connectivity index (χ1) is 16.2. The van der Waals surface area contributed by atoms with E-state index < -0.39 is 17.7 Å². The summed E-state index contributed by atoms with van der Waals surface area (Å²) < 4.78 is 6.82. The minimum atomic E-state index is -0.921. The number of anilines is 1. The van der Waals surface area contributed by atoms with Gasteiger partial charge in [0.25, 0.3) is 5.78 Å². The van der Waals surface area contributed by atoms with Crippen molar-refractivity contribution in [2.45, 2.75) is 40.7 Å². The number of amides is 1. The molecule has 1 amide bonds. The van der Waals surface area contributed by atoms with E-state index in [9.17, 15) is 14.7 Å². The number of aryl methyl sites for hydroxylation is 5. The van der Waals surface area contributed by atoms with Crippen LogP contribution in [0.2, 0.25) is 0 Å². The van der Waals surface area contributed by atoms with Gasteiger partial charge in [0, 0.05) is 5.56 Å². The van der Waals surface area contributed by atoms with E-state index in [1.165, 1.54) is 16.2 Å². The summed E-state index contributed by atoms with van der Waals surface area (Å²) in [5.74, 6) is -0.669. The van der Waals surface area contributed by atoms with Crippen LogP contribution in [0.3, 0.4) is 0 Å². The van der Waals surface area contributed by atoms with E-state index in [-0.39, 0.29) is 11.3 Å². The zero-order valence-corrected chi connectivity index (χ0v) is 20.4. The third-order valence-corrected chi connectivity index (χ3v) is 7.15. The predicted octanol–water partition coefficient (Wildman–Crippen LogP) is 6.06. The molecule has 4 aromatic rings. The number of rotatable bonds is 3. The highest BCUT2D eigenvalue weighted by Gasteiger charge is 2.49. The molecule has 0 saturated carbocycles. The first kappa shape index (κ1) is 22.1. The van der Waals surface area contributed by atoms with Crippen molar-refractivity contribution in [3.05, 3.63) is 87.4 Å². The Morgan fingerprint density at radius 1 is 0.971 bits per heavy atom. The monoisotopic (exact) mass is 472 g/mol. The second kappa shape index (κ2) is 7.95. The zero-order valence-electron chi connectivity index (χ0n) is 19.6. The smallest absolute Gasteiger partial charge is 0.302 e. The Morgan fingerprint density at radius 2 is 1.74 bits per heavy atom. The number of aliphatic hydroxyl groups is 1. The van der Waals surface area contributed by atoms with E-state index in [0.717, 1.165) is 32.5 Å². The number of Topliss-reactive ketones (excluding diaryl/α,β-unsaturated/α-hetero) is 1. The van der Waals surface area contributed by atoms with Crippen LogP contribution in [0.15, 0.2) is 52.5 Å².